The van der Waals surface area contributed by atoms with Crippen molar-refractivity contribution in [1.29, 1.82) is 0 Å². The zero-order chi connectivity index (χ0) is 36.6. The van der Waals surface area contributed by atoms with Crippen LogP contribution in [0.25, 0.3) is 34.1 Å². The smallest absolute Gasteiger partial charge is 0.0490 e. The molecule has 8 aromatic rings. The van der Waals surface area contributed by atoms with Gasteiger partial charge in [0.25, 0.3) is 0 Å². The van der Waals surface area contributed by atoms with E-state index >= 15 is 0 Å². The first-order chi connectivity index (χ1) is 26.4. The third-order valence-corrected chi connectivity index (χ3v) is 11.0. The lowest BCUT2D eigenvalue weighted by molar-refractivity contribution is 0.660. The monoisotopic (exact) mass is 694 g/mol. The summed E-state index contributed by atoms with van der Waals surface area (Å²) in [6.45, 7) is 6.88. The molecule has 0 aliphatic heterocycles. The van der Waals surface area contributed by atoms with E-state index in [9.17, 15) is 0 Å². The molecule has 0 aromatic heterocycles. The predicted octanol–water partition coefficient (Wildman–Crippen LogP) is 14.6. The van der Waals surface area contributed by atoms with Gasteiger partial charge in [-0.25, -0.2) is 0 Å². The minimum Gasteiger partial charge on any atom is -0.310 e. The normalized spacial score (nSPS) is 12.8. The third-order valence-electron chi connectivity index (χ3n) is 11.0. The largest absolute Gasteiger partial charge is 0.310 e. The fraction of sp³-hybridized carbons (Fsp3) is 0.0769. The molecule has 2 heteroatoms. The molecule has 0 radical (unpaired) electrons. The first-order valence-corrected chi connectivity index (χ1v) is 18.8. The number of anilines is 6. The van der Waals surface area contributed by atoms with Crippen LogP contribution in [-0.4, -0.2) is 0 Å². The van der Waals surface area contributed by atoms with Crippen LogP contribution in [0.15, 0.2) is 188 Å². The summed E-state index contributed by atoms with van der Waals surface area (Å²) >= 11 is 0. The molecule has 0 spiro atoms. The zero-order valence-electron chi connectivity index (χ0n) is 30.9. The highest BCUT2D eigenvalue weighted by Gasteiger charge is 2.35. The molecule has 1 aliphatic rings. The van der Waals surface area contributed by atoms with Gasteiger partial charge in [0.1, 0.15) is 0 Å². The second-order valence-corrected chi connectivity index (χ2v) is 14.7. The van der Waals surface area contributed by atoms with E-state index in [1.165, 1.54) is 50.0 Å². The van der Waals surface area contributed by atoms with E-state index in [1.807, 2.05) is 0 Å². The molecule has 0 saturated heterocycles. The van der Waals surface area contributed by atoms with Crippen molar-refractivity contribution in [3.05, 3.63) is 216 Å². The number of aryl methyl sites for hydroxylation is 1. The number of benzene rings is 8. The van der Waals surface area contributed by atoms with Gasteiger partial charge in [0.15, 0.2) is 0 Å². The fourth-order valence-electron chi connectivity index (χ4n) is 8.07. The van der Waals surface area contributed by atoms with Crippen LogP contribution in [0.3, 0.4) is 0 Å². The predicted molar refractivity (Wildman–Crippen MR) is 231 cm³/mol. The summed E-state index contributed by atoms with van der Waals surface area (Å²) in [5, 5.41) is 2.47. The lowest BCUT2D eigenvalue weighted by Crippen LogP contribution is -2.16. The molecule has 8 aromatic carbocycles. The van der Waals surface area contributed by atoms with Crippen molar-refractivity contribution in [2.75, 3.05) is 9.80 Å². The average molecular weight is 695 g/mol. The molecule has 1 aliphatic carbocycles. The second kappa shape index (κ2) is 13.7. The fourth-order valence-corrected chi connectivity index (χ4v) is 8.07. The Bertz CT molecular complexity index is 2630. The van der Waals surface area contributed by atoms with Crippen LogP contribution in [0.4, 0.5) is 34.1 Å². The van der Waals surface area contributed by atoms with Crippen LogP contribution in [-0.2, 0) is 5.41 Å². The van der Waals surface area contributed by atoms with Crippen LogP contribution in [0.5, 0.6) is 0 Å². The molecule has 54 heavy (non-hydrogen) atoms. The summed E-state index contributed by atoms with van der Waals surface area (Å²) in [7, 11) is 0. The molecule has 260 valence electrons. The standard InChI is InChI=1S/C52H42N2/c1-37-13-7-12-20-51(37)54(46-33-34-48-47-18-10-11-19-49(47)52(2,3)50(48)36-46)44-30-25-39(26-31-44)22-21-38-23-28-43(29-24-38)53(42-16-5-4-6-17-42)45-32-27-40-14-8-9-15-41(40)35-45/h4-36H,1-3H3. The zero-order valence-corrected chi connectivity index (χ0v) is 30.9. The van der Waals surface area contributed by atoms with Crippen molar-refractivity contribution < 1.29 is 0 Å². The molecule has 0 unspecified atom stereocenters. The molecule has 9 rings (SSSR count). The van der Waals surface area contributed by atoms with Crippen molar-refractivity contribution in [2.24, 2.45) is 0 Å². The van der Waals surface area contributed by atoms with Gasteiger partial charge >= 0.3 is 0 Å². The van der Waals surface area contributed by atoms with Crippen LogP contribution in [0, 0.1) is 6.92 Å². The molecule has 0 amide bonds. The highest BCUT2D eigenvalue weighted by Crippen LogP contribution is 2.50. The van der Waals surface area contributed by atoms with Crippen LogP contribution in [0.1, 0.15) is 41.7 Å². The summed E-state index contributed by atoms with van der Waals surface area (Å²) in [5.41, 5.74) is 15.8. The molecule has 0 heterocycles. The summed E-state index contributed by atoms with van der Waals surface area (Å²) in [4.78, 5) is 4.72. The van der Waals surface area contributed by atoms with E-state index in [-0.39, 0.29) is 5.41 Å². The van der Waals surface area contributed by atoms with E-state index < -0.39 is 0 Å². The van der Waals surface area contributed by atoms with Crippen molar-refractivity contribution in [2.45, 2.75) is 26.2 Å². The minimum atomic E-state index is -0.0670. The number of hydrogen-bond acceptors (Lipinski definition) is 2. The van der Waals surface area contributed by atoms with E-state index in [1.54, 1.807) is 0 Å². The van der Waals surface area contributed by atoms with Crippen molar-refractivity contribution in [3.8, 4) is 11.1 Å². The molecule has 0 bridgehead atoms. The van der Waals surface area contributed by atoms with E-state index in [0.717, 1.165) is 33.9 Å². The lowest BCUT2D eigenvalue weighted by atomic mass is 9.82. The van der Waals surface area contributed by atoms with Gasteiger partial charge < -0.3 is 9.80 Å². The topological polar surface area (TPSA) is 6.48 Å². The molecule has 0 atom stereocenters. The lowest BCUT2D eigenvalue weighted by Gasteiger charge is -2.29. The Kier molecular flexibility index (Phi) is 8.44. The molecule has 0 fully saturated rings. The van der Waals surface area contributed by atoms with Gasteiger partial charge in [-0.15, -0.1) is 0 Å². The quantitative estimate of drug-likeness (QED) is 0.146. The van der Waals surface area contributed by atoms with Gasteiger partial charge in [0.2, 0.25) is 0 Å². The van der Waals surface area contributed by atoms with Crippen molar-refractivity contribution in [1.82, 2.24) is 0 Å². The van der Waals surface area contributed by atoms with E-state index in [0.29, 0.717) is 0 Å². The van der Waals surface area contributed by atoms with Crippen LogP contribution in [0.2, 0.25) is 0 Å². The molecule has 0 N–H and O–H groups in total. The first-order valence-electron chi connectivity index (χ1n) is 18.8. The van der Waals surface area contributed by atoms with Crippen molar-refractivity contribution >= 4 is 57.0 Å². The van der Waals surface area contributed by atoms with Gasteiger partial charge in [0, 0.05) is 39.5 Å². The number of fused-ring (bicyclic) bond motifs is 4. The molecule has 2 nitrogen and oxygen atoms in total. The van der Waals surface area contributed by atoms with Crippen LogP contribution < -0.4 is 9.80 Å². The molecular formula is C52H42N2. The number of hydrogen-bond donors (Lipinski definition) is 0. The highest BCUT2D eigenvalue weighted by atomic mass is 15.1. The Morgan fingerprint density at radius 2 is 0.907 bits per heavy atom. The SMILES string of the molecule is Cc1ccccc1N(c1ccc(C=Cc2ccc(N(c3ccccc3)c3ccc4ccccc4c3)cc2)cc1)c1ccc2c(c1)C(C)(C)c1ccccc1-2. The van der Waals surface area contributed by atoms with Crippen molar-refractivity contribution in [3.63, 3.8) is 0 Å². The molecular weight excluding hydrogens is 653 g/mol. The average Bonchev–Trinajstić information content (AvgIpc) is 3.45. The summed E-state index contributed by atoms with van der Waals surface area (Å²) in [6.07, 6.45) is 4.39. The minimum absolute atomic E-state index is 0.0670. The highest BCUT2D eigenvalue weighted by molar-refractivity contribution is 5.90. The molecule has 0 saturated carbocycles. The maximum Gasteiger partial charge on any atom is 0.0490 e. The maximum atomic E-state index is 2.40. The second-order valence-electron chi connectivity index (χ2n) is 14.7. The number of para-hydroxylation sites is 2. The van der Waals surface area contributed by atoms with Gasteiger partial charge in [0.05, 0.1) is 0 Å². The Morgan fingerprint density at radius 3 is 1.63 bits per heavy atom. The number of rotatable bonds is 8. The Hall–Kier alpha value is -6.64. The summed E-state index contributed by atoms with van der Waals surface area (Å²) < 4.78 is 0. The van der Waals surface area contributed by atoms with Gasteiger partial charge in [-0.3, -0.25) is 0 Å². The van der Waals surface area contributed by atoms with Gasteiger partial charge in [-0.2, -0.15) is 0 Å². The Labute approximate surface area is 318 Å². The maximum absolute atomic E-state index is 2.40. The summed E-state index contributed by atoms with van der Waals surface area (Å²) in [6, 6.07) is 68.0. The number of nitrogens with zero attached hydrogens (tertiary/aromatic N) is 2. The van der Waals surface area contributed by atoms with Gasteiger partial charge in [-0.05, 0) is 123 Å². The van der Waals surface area contributed by atoms with E-state index in [2.05, 4.69) is 231 Å². The van der Waals surface area contributed by atoms with E-state index in [4.69, 9.17) is 0 Å². The summed E-state index contributed by atoms with van der Waals surface area (Å²) in [5.74, 6) is 0. The first kappa shape index (κ1) is 33.2. The third kappa shape index (κ3) is 6.06. The van der Waals surface area contributed by atoms with Gasteiger partial charge in [-0.1, -0.05) is 147 Å². The Balaban J connectivity index is 1.000. The Morgan fingerprint density at radius 1 is 0.389 bits per heavy atom. The van der Waals surface area contributed by atoms with Crippen LogP contribution >= 0.6 is 0 Å².